The van der Waals surface area contributed by atoms with E-state index in [0.717, 1.165) is 5.56 Å². The lowest BCUT2D eigenvalue weighted by molar-refractivity contribution is 0.381. The Kier molecular flexibility index (Phi) is 3.79. The van der Waals surface area contributed by atoms with E-state index in [1.807, 2.05) is 13.8 Å². The van der Waals surface area contributed by atoms with Crippen molar-refractivity contribution in [2.24, 2.45) is 0 Å². The first-order valence-corrected chi connectivity index (χ1v) is 5.96. The molecule has 0 aliphatic heterocycles. The largest absolute Gasteiger partial charge is 0.203 e. The van der Waals surface area contributed by atoms with Gasteiger partial charge in [0.1, 0.15) is 0 Å². The third-order valence-electron chi connectivity index (χ3n) is 3.08. The van der Waals surface area contributed by atoms with Crippen molar-refractivity contribution in [2.75, 3.05) is 0 Å². The van der Waals surface area contributed by atoms with Gasteiger partial charge in [0.2, 0.25) is 5.82 Å². The van der Waals surface area contributed by atoms with Crippen molar-refractivity contribution in [1.29, 1.82) is 0 Å². The van der Waals surface area contributed by atoms with E-state index in [2.05, 4.69) is 0 Å². The van der Waals surface area contributed by atoms with Crippen LogP contribution in [-0.2, 0) is 0 Å². The van der Waals surface area contributed by atoms with Crippen LogP contribution in [0.1, 0.15) is 25.3 Å². The van der Waals surface area contributed by atoms with Crippen LogP contribution in [0.4, 0.5) is 22.0 Å². The van der Waals surface area contributed by atoms with E-state index >= 15 is 0 Å². The highest BCUT2D eigenvalue weighted by Gasteiger charge is 2.26. The van der Waals surface area contributed by atoms with Crippen LogP contribution < -0.4 is 0 Å². The average molecular weight is 286 g/mol. The molecule has 0 atom stereocenters. The van der Waals surface area contributed by atoms with Crippen LogP contribution in [0, 0.1) is 29.1 Å². The molecule has 0 saturated heterocycles. The number of benzene rings is 2. The fraction of sp³-hybridized carbons (Fsp3) is 0.200. The summed E-state index contributed by atoms with van der Waals surface area (Å²) in [5, 5.41) is 0. The highest BCUT2D eigenvalue weighted by Crippen LogP contribution is 2.32. The SMILES string of the molecule is CC(C)c1ccc(-c2c(F)c(F)c(F)c(F)c2F)cc1. The van der Waals surface area contributed by atoms with Crippen LogP contribution in [0.25, 0.3) is 11.1 Å². The van der Waals surface area contributed by atoms with Gasteiger partial charge in [-0.05, 0) is 17.0 Å². The average Bonchev–Trinajstić information content (AvgIpc) is 2.44. The molecule has 0 saturated carbocycles. The van der Waals surface area contributed by atoms with Gasteiger partial charge in [-0.15, -0.1) is 0 Å². The Hall–Kier alpha value is -1.91. The maximum Gasteiger partial charge on any atom is 0.200 e. The van der Waals surface area contributed by atoms with Gasteiger partial charge >= 0.3 is 0 Å². The molecule has 0 heterocycles. The van der Waals surface area contributed by atoms with Gasteiger partial charge in [0.15, 0.2) is 23.3 Å². The Morgan fingerprint density at radius 3 is 1.45 bits per heavy atom. The molecule has 106 valence electrons. The van der Waals surface area contributed by atoms with Crippen molar-refractivity contribution in [3.8, 4) is 11.1 Å². The summed E-state index contributed by atoms with van der Waals surface area (Å²) in [7, 11) is 0. The zero-order valence-corrected chi connectivity index (χ0v) is 10.8. The molecule has 0 fully saturated rings. The summed E-state index contributed by atoms with van der Waals surface area (Å²) in [6.45, 7) is 3.85. The van der Waals surface area contributed by atoms with Gasteiger partial charge in [0, 0.05) is 0 Å². The Bertz CT molecular complexity index is 615. The molecule has 5 heteroatoms. The van der Waals surface area contributed by atoms with E-state index in [-0.39, 0.29) is 11.5 Å². The predicted molar refractivity (Wildman–Crippen MR) is 65.8 cm³/mol. The summed E-state index contributed by atoms with van der Waals surface area (Å²) in [5.74, 6) is -9.47. The number of hydrogen-bond donors (Lipinski definition) is 0. The summed E-state index contributed by atoms with van der Waals surface area (Å²) in [6, 6.07) is 5.87. The second kappa shape index (κ2) is 5.23. The topological polar surface area (TPSA) is 0 Å². The van der Waals surface area contributed by atoms with Gasteiger partial charge in [0.05, 0.1) is 5.56 Å². The normalized spacial score (nSPS) is 11.2. The molecule has 2 aromatic carbocycles. The fourth-order valence-corrected chi connectivity index (χ4v) is 1.89. The lowest BCUT2D eigenvalue weighted by Crippen LogP contribution is -2.04. The second-order valence-electron chi connectivity index (χ2n) is 4.72. The van der Waals surface area contributed by atoms with Crippen molar-refractivity contribution >= 4 is 0 Å². The highest BCUT2D eigenvalue weighted by molar-refractivity contribution is 5.65. The quantitative estimate of drug-likeness (QED) is 0.406. The number of hydrogen-bond acceptors (Lipinski definition) is 0. The standard InChI is InChI=1S/C15H11F5/c1-7(2)8-3-5-9(6-4-8)10-11(16)13(18)15(20)14(19)12(10)17/h3-7H,1-2H3. The van der Waals surface area contributed by atoms with E-state index in [1.165, 1.54) is 12.1 Å². The van der Waals surface area contributed by atoms with Gasteiger partial charge in [-0.2, -0.15) is 0 Å². The van der Waals surface area contributed by atoms with Crippen LogP contribution in [0.15, 0.2) is 24.3 Å². The maximum atomic E-state index is 13.6. The van der Waals surface area contributed by atoms with Crippen molar-refractivity contribution in [1.82, 2.24) is 0 Å². The minimum absolute atomic E-state index is 0.0535. The Morgan fingerprint density at radius 1 is 0.650 bits per heavy atom. The summed E-state index contributed by atoms with van der Waals surface area (Å²) in [4.78, 5) is 0. The lowest BCUT2D eigenvalue weighted by Gasteiger charge is -2.10. The molecule has 0 N–H and O–H groups in total. The second-order valence-corrected chi connectivity index (χ2v) is 4.72. The maximum absolute atomic E-state index is 13.6. The molecule has 0 unspecified atom stereocenters. The van der Waals surface area contributed by atoms with Crippen LogP contribution >= 0.6 is 0 Å². The summed E-state index contributed by atoms with van der Waals surface area (Å²) < 4.78 is 66.5. The molecule has 0 aliphatic rings. The molecule has 20 heavy (non-hydrogen) atoms. The van der Waals surface area contributed by atoms with E-state index in [9.17, 15) is 22.0 Å². The van der Waals surface area contributed by atoms with E-state index in [0.29, 0.717) is 0 Å². The molecular formula is C15H11F5. The summed E-state index contributed by atoms with van der Waals surface area (Å²) in [5.41, 5.74) is -0.0588. The van der Waals surface area contributed by atoms with Crippen LogP contribution in [0.5, 0.6) is 0 Å². The molecule has 0 bridgehead atoms. The minimum Gasteiger partial charge on any atom is -0.203 e. The zero-order valence-electron chi connectivity index (χ0n) is 10.8. The van der Waals surface area contributed by atoms with E-state index < -0.39 is 34.6 Å². The molecule has 0 aliphatic carbocycles. The van der Waals surface area contributed by atoms with Gasteiger partial charge in [-0.3, -0.25) is 0 Å². The van der Waals surface area contributed by atoms with Crippen molar-refractivity contribution in [3.05, 3.63) is 58.9 Å². The third-order valence-corrected chi connectivity index (χ3v) is 3.08. The highest BCUT2D eigenvalue weighted by atomic mass is 19.2. The van der Waals surface area contributed by atoms with Crippen molar-refractivity contribution < 1.29 is 22.0 Å². The lowest BCUT2D eigenvalue weighted by atomic mass is 9.98. The van der Waals surface area contributed by atoms with Crippen LogP contribution in [-0.4, -0.2) is 0 Å². The third kappa shape index (κ3) is 2.28. The molecular weight excluding hydrogens is 275 g/mol. The first-order chi connectivity index (χ1) is 9.34. The first kappa shape index (κ1) is 14.5. The smallest absolute Gasteiger partial charge is 0.200 e. The van der Waals surface area contributed by atoms with Crippen LogP contribution in [0.2, 0.25) is 0 Å². The Morgan fingerprint density at radius 2 is 1.05 bits per heavy atom. The van der Waals surface area contributed by atoms with Gasteiger partial charge in [-0.25, -0.2) is 22.0 Å². The van der Waals surface area contributed by atoms with E-state index in [1.54, 1.807) is 12.1 Å². The number of halogens is 5. The molecule has 0 nitrogen and oxygen atoms in total. The molecule has 0 radical (unpaired) electrons. The zero-order chi connectivity index (χ0) is 15.0. The summed E-state index contributed by atoms with van der Waals surface area (Å²) >= 11 is 0. The first-order valence-electron chi connectivity index (χ1n) is 5.96. The van der Waals surface area contributed by atoms with Crippen molar-refractivity contribution in [2.45, 2.75) is 19.8 Å². The molecule has 0 aromatic heterocycles. The van der Waals surface area contributed by atoms with Crippen LogP contribution in [0.3, 0.4) is 0 Å². The monoisotopic (exact) mass is 286 g/mol. The number of rotatable bonds is 2. The van der Waals surface area contributed by atoms with Crippen molar-refractivity contribution in [3.63, 3.8) is 0 Å². The minimum atomic E-state index is -2.15. The fourth-order valence-electron chi connectivity index (χ4n) is 1.89. The van der Waals surface area contributed by atoms with Gasteiger partial charge < -0.3 is 0 Å². The molecule has 0 amide bonds. The Labute approximate surface area is 112 Å². The molecule has 2 rings (SSSR count). The van der Waals surface area contributed by atoms with E-state index in [4.69, 9.17) is 0 Å². The summed E-state index contributed by atoms with van der Waals surface area (Å²) in [6.07, 6.45) is 0. The predicted octanol–water partition coefficient (Wildman–Crippen LogP) is 5.17. The van der Waals surface area contributed by atoms with Gasteiger partial charge in [-0.1, -0.05) is 38.1 Å². The Balaban J connectivity index is 2.64. The molecule has 0 spiro atoms. The molecule has 2 aromatic rings. The van der Waals surface area contributed by atoms with Gasteiger partial charge in [0.25, 0.3) is 0 Å².